The van der Waals surface area contributed by atoms with Gasteiger partial charge < -0.3 is 14.7 Å². The van der Waals surface area contributed by atoms with Crippen molar-refractivity contribution < 1.29 is 19.4 Å². The molecule has 6 nitrogen and oxygen atoms in total. The highest BCUT2D eigenvalue weighted by Crippen LogP contribution is 2.09. The summed E-state index contributed by atoms with van der Waals surface area (Å²) < 4.78 is 5.24. The minimum atomic E-state index is -1.10. The Balaban J connectivity index is 2.53. The molecule has 0 atom stereocenters. The van der Waals surface area contributed by atoms with Crippen LogP contribution in [0.5, 0.6) is 5.75 Å². The highest BCUT2D eigenvalue weighted by Gasteiger charge is 2.10. The number of hydrogen-bond donors (Lipinski definition) is 1. The molecule has 1 amide bonds. The fourth-order valence-corrected chi connectivity index (χ4v) is 1.40. The van der Waals surface area contributed by atoms with Gasteiger partial charge in [0.1, 0.15) is 11.4 Å². The second-order valence-electron chi connectivity index (χ2n) is 3.54. The summed E-state index contributed by atoms with van der Waals surface area (Å²) in [6.45, 7) is 4.98. The molecule has 0 unspecified atom stereocenters. The van der Waals surface area contributed by atoms with Gasteiger partial charge in [0.15, 0.2) is 6.61 Å². The lowest BCUT2D eigenvalue weighted by Gasteiger charge is -2.18. The quantitative estimate of drug-likeness (QED) is 0.817. The van der Waals surface area contributed by atoms with Crippen LogP contribution in [0.15, 0.2) is 18.3 Å². The molecule has 0 aliphatic rings. The summed E-state index contributed by atoms with van der Waals surface area (Å²) in [4.78, 5) is 27.6. The summed E-state index contributed by atoms with van der Waals surface area (Å²) in [5, 5.41) is 8.67. The second-order valence-corrected chi connectivity index (χ2v) is 3.54. The first-order valence-corrected chi connectivity index (χ1v) is 5.68. The summed E-state index contributed by atoms with van der Waals surface area (Å²) in [5.74, 6) is -0.830. The van der Waals surface area contributed by atoms with Crippen LogP contribution >= 0.6 is 0 Å². The average molecular weight is 252 g/mol. The summed E-state index contributed by atoms with van der Waals surface area (Å²) >= 11 is 0. The minimum Gasteiger partial charge on any atom is -0.482 e. The van der Waals surface area contributed by atoms with Gasteiger partial charge in [0.2, 0.25) is 0 Å². The molecule has 0 saturated carbocycles. The van der Waals surface area contributed by atoms with Gasteiger partial charge in [0, 0.05) is 13.1 Å². The number of carbonyl (C=O) groups is 2. The molecule has 0 fully saturated rings. The molecule has 0 bridgehead atoms. The summed E-state index contributed by atoms with van der Waals surface area (Å²) in [5.41, 5.74) is -0.0579. The maximum Gasteiger partial charge on any atom is 0.354 e. The molecule has 1 heterocycles. The molecule has 0 aromatic carbocycles. The van der Waals surface area contributed by atoms with E-state index in [9.17, 15) is 9.59 Å². The van der Waals surface area contributed by atoms with Crippen molar-refractivity contribution in [2.24, 2.45) is 0 Å². The monoisotopic (exact) mass is 252 g/mol. The van der Waals surface area contributed by atoms with Crippen LogP contribution < -0.4 is 4.74 Å². The fourth-order valence-electron chi connectivity index (χ4n) is 1.40. The minimum absolute atomic E-state index is 0.0579. The number of aromatic carboxylic acids is 1. The maximum absolute atomic E-state index is 11.6. The Morgan fingerprint density at radius 1 is 1.33 bits per heavy atom. The van der Waals surface area contributed by atoms with Gasteiger partial charge in [-0.2, -0.15) is 0 Å². The van der Waals surface area contributed by atoms with E-state index in [1.54, 1.807) is 4.90 Å². The van der Waals surface area contributed by atoms with Gasteiger partial charge in [-0.1, -0.05) is 0 Å². The van der Waals surface area contributed by atoms with Crippen LogP contribution in [0.4, 0.5) is 0 Å². The summed E-state index contributed by atoms with van der Waals surface area (Å²) in [6.07, 6.45) is 1.29. The number of pyridine rings is 1. The van der Waals surface area contributed by atoms with E-state index in [-0.39, 0.29) is 18.2 Å². The number of nitrogens with zero attached hydrogens (tertiary/aromatic N) is 2. The maximum atomic E-state index is 11.6. The lowest BCUT2D eigenvalue weighted by atomic mass is 10.3. The van der Waals surface area contributed by atoms with E-state index in [2.05, 4.69) is 4.98 Å². The molecular weight excluding hydrogens is 236 g/mol. The van der Waals surface area contributed by atoms with E-state index in [4.69, 9.17) is 9.84 Å². The first kappa shape index (κ1) is 14.0. The van der Waals surface area contributed by atoms with Gasteiger partial charge in [-0.15, -0.1) is 0 Å². The predicted molar refractivity (Wildman–Crippen MR) is 64.6 cm³/mol. The van der Waals surface area contributed by atoms with E-state index in [1.807, 2.05) is 13.8 Å². The number of hydrogen-bond acceptors (Lipinski definition) is 4. The van der Waals surface area contributed by atoms with Crippen LogP contribution in [0.1, 0.15) is 24.3 Å². The number of carbonyl (C=O) groups excluding carboxylic acids is 1. The smallest absolute Gasteiger partial charge is 0.354 e. The molecular formula is C12H16N2O4. The first-order chi connectivity index (χ1) is 8.58. The molecule has 18 heavy (non-hydrogen) atoms. The molecule has 0 saturated heterocycles. The lowest BCUT2D eigenvalue weighted by molar-refractivity contribution is -0.132. The largest absolute Gasteiger partial charge is 0.482 e. The van der Waals surface area contributed by atoms with E-state index in [1.165, 1.54) is 18.3 Å². The van der Waals surface area contributed by atoms with E-state index >= 15 is 0 Å². The van der Waals surface area contributed by atoms with Crippen LogP contribution in [0.2, 0.25) is 0 Å². The van der Waals surface area contributed by atoms with Crippen molar-refractivity contribution in [3.05, 3.63) is 24.0 Å². The molecule has 1 rings (SSSR count). The number of likely N-dealkylation sites (N-methyl/N-ethyl adjacent to an activating group) is 1. The molecule has 6 heteroatoms. The number of ether oxygens (including phenoxy) is 1. The van der Waals surface area contributed by atoms with Crippen molar-refractivity contribution in [3.8, 4) is 5.75 Å². The Hall–Kier alpha value is -2.11. The lowest BCUT2D eigenvalue weighted by Crippen LogP contribution is -2.34. The van der Waals surface area contributed by atoms with Gasteiger partial charge >= 0.3 is 5.97 Å². The molecule has 1 aromatic rings. The van der Waals surface area contributed by atoms with E-state index in [0.29, 0.717) is 18.8 Å². The number of carboxylic acids is 1. The zero-order valence-corrected chi connectivity index (χ0v) is 10.4. The molecule has 1 aromatic heterocycles. The number of rotatable bonds is 6. The topological polar surface area (TPSA) is 79.7 Å². The van der Waals surface area contributed by atoms with Crippen LogP contribution in [0.25, 0.3) is 0 Å². The number of amides is 1. The third-order valence-corrected chi connectivity index (χ3v) is 2.43. The first-order valence-electron chi connectivity index (χ1n) is 5.68. The Bertz CT molecular complexity index is 413. The van der Waals surface area contributed by atoms with Gasteiger partial charge in [-0.05, 0) is 26.0 Å². The molecule has 1 N–H and O–H groups in total. The summed E-state index contributed by atoms with van der Waals surface area (Å²) in [6, 6.07) is 2.81. The van der Waals surface area contributed by atoms with Crippen LogP contribution in [0, 0.1) is 0 Å². The average Bonchev–Trinajstić information content (AvgIpc) is 2.38. The third kappa shape index (κ3) is 3.73. The van der Waals surface area contributed by atoms with Crippen molar-refractivity contribution in [3.63, 3.8) is 0 Å². The van der Waals surface area contributed by atoms with Crippen molar-refractivity contribution in [1.82, 2.24) is 9.88 Å². The van der Waals surface area contributed by atoms with Gasteiger partial charge in [-0.3, -0.25) is 4.79 Å². The SMILES string of the molecule is CCN(CC)C(=O)COc1ccc(C(=O)O)nc1. The van der Waals surface area contributed by atoms with Crippen molar-refractivity contribution in [2.75, 3.05) is 19.7 Å². The molecule has 0 aliphatic heterocycles. The van der Waals surface area contributed by atoms with Crippen molar-refractivity contribution in [2.45, 2.75) is 13.8 Å². The Kier molecular flexibility index (Phi) is 5.10. The third-order valence-electron chi connectivity index (χ3n) is 2.43. The standard InChI is InChI=1S/C12H16N2O4/c1-3-14(4-2)11(15)8-18-9-5-6-10(12(16)17)13-7-9/h5-7H,3-4,8H2,1-2H3,(H,16,17). The van der Waals surface area contributed by atoms with Crippen LogP contribution in [0.3, 0.4) is 0 Å². The Morgan fingerprint density at radius 2 is 2.00 bits per heavy atom. The molecule has 0 radical (unpaired) electrons. The van der Waals surface area contributed by atoms with Gasteiger partial charge in [0.05, 0.1) is 6.20 Å². The Morgan fingerprint density at radius 3 is 2.44 bits per heavy atom. The molecule has 0 spiro atoms. The zero-order chi connectivity index (χ0) is 13.5. The second kappa shape index (κ2) is 6.58. The fraction of sp³-hybridized carbons (Fsp3) is 0.417. The summed E-state index contributed by atoms with van der Waals surface area (Å²) in [7, 11) is 0. The Labute approximate surface area is 105 Å². The molecule has 0 aliphatic carbocycles. The van der Waals surface area contributed by atoms with Crippen LogP contribution in [-0.2, 0) is 4.79 Å². The van der Waals surface area contributed by atoms with Crippen molar-refractivity contribution >= 4 is 11.9 Å². The normalized spacial score (nSPS) is 9.89. The van der Waals surface area contributed by atoms with Crippen LogP contribution in [-0.4, -0.2) is 46.6 Å². The zero-order valence-electron chi connectivity index (χ0n) is 10.4. The van der Waals surface area contributed by atoms with E-state index in [0.717, 1.165) is 0 Å². The van der Waals surface area contributed by atoms with E-state index < -0.39 is 5.97 Å². The number of aromatic nitrogens is 1. The van der Waals surface area contributed by atoms with Gasteiger partial charge in [0.25, 0.3) is 5.91 Å². The van der Waals surface area contributed by atoms with Crippen molar-refractivity contribution in [1.29, 1.82) is 0 Å². The predicted octanol–water partition coefficient (Wildman–Crippen LogP) is 1.03. The molecule has 98 valence electrons. The highest BCUT2D eigenvalue weighted by molar-refractivity contribution is 5.85. The highest BCUT2D eigenvalue weighted by atomic mass is 16.5. The number of carboxylic acid groups (broad SMARTS) is 1. The van der Waals surface area contributed by atoms with Gasteiger partial charge in [-0.25, -0.2) is 9.78 Å².